The smallest absolute Gasteiger partial charge is 0.408 e. The minimum atomic E-state index is -1.11. The van der Waals surface area contributed by atoms with Gasteiger partial charge in [0, 0.05) is 19.5 Å². The largest absolute Gasteiger partial charge is 0.490 e. The van der Waals surface area contributed by atoms with Crippen LogP contribution in [0, 0.1) is 12.3 Å². The summed E-state index contributed by atoms with van der Waals surface area (Å²) >= 11 is 0. The van der Waals surface area contributed by atoms with Crippen molar-refractivity contribution in [3.8, 4) is 5.75 Å². The van der Waals surface area contributed by atoms with Crippen LogP contribution < -0.4 is 26.0 Å². The highest BCUT2D eigenvalue weighted by Crippen LogP contribution is 2.47. The van der Waals surface area contributed by atoms with Crippen LogP contribution in [0.1, 0.15) is 73.6 Å². The lowest BCUT2D eigenvalue weighted by atomic mass is 9.63. The summed E-state index contributed by atoms with van der Waals surface area (Å²) in [6.07, 6.45) is 4.74. The van der Waals surface area contributed by atoms with E-state index in [2.05, 4.69) is 21.3 Å². The summed E-state index contributed by atoms with van der Waals surface area (Å²) in [5.41, 5.74) is 4.06. The molecule has 0 bridgehead atoms. The number of carboxylic acids is 1. The zero-order chi connectivity index (χ0) is 36.1. The van der Waals surface area contributed by atoms with E-state index in [-0.39, 0.29) is 44.4 Å². The summed E-state index contributed by atoms with van der Waals surface area (Å²) in [5.74, 6) is -1.20. The van der Waals surface area contributed by atoms with Gasteiger partial charge in [-0.05, 0) is 105 Å². The van der Waals surface area contributed by atoms with Gasteiger partial charge in [-0.1, -0.05) is 66.7 Å². The van der Waals surface area contributed by atoms with E-state index in [0.717, 1.165) is 53.9 Å². The van der Waals surface area contributed by atoms with Gasteiger partial charge in [-0.2, -0.15) is 0 Å². The first-order valence-corrected chi connectivity index (χ1v) is 18.0. The maximum absolute atomic E-state index is 13.7. The lowest BCUT2D eigenvalue weighted by Gasteiger charge is -2.49. The van der Waals surface area contributed by atoms with Crippen molar-refractivity contribution < 1.29 is 33.8 Å². The van der Waals surface area contributed by atoms with Gasteiger partial charge in [0.25, 0.3) is 0 Å². The molecule has 1 spiro atoms. The molecule has 0 radical (unpaired) electrons. The van der Waals surface area contributed by atoms with Crippen molar-refractivity contribution in [2.75, 3.05) is 13.1 Å². The van der Waals surface area contributed by atoms with E-state index in [1.54, 1.807) is 0 Å². The Morgan fingerprint density at radius 2 is 1.61 bits per heavy atom. The van der Waals surface area contributed by atoms with E-state index in [9.17, 15) is 24.3 Å². The van der Waals surface area contributed by atoms with Crippen molar-refractivity contribution in [3.63, 3.8) is 0 Å². The summed E-state index contributed by atoms with van der Waals surface area (Å²) in [6.45, 7) is 4.37. The number of piperidine rings is 1. The number of hydrogen-bond donors (Lipinski definition) is 5. The summed E-state index contributed by atoms with van der Waals surface area (Å²) in [5, 5.41) is 21.1. The van der Waals surface area contributed by atoms with Crippen LogP contribution in [0.5, 0.6) is 5.75 Å². The number of ether oxygens (including phenoxy) is 2. The third-order valence-corrected chi connectivity index (χ3v) is 9.86. The fourth-order valence-corrected chi connectivity index (χ4v) is 6.91. The topological polar surface area (TPSA) is 155 Å². The van der Waals surface area contributed by atoms with Crippen LogP contribution in [0.4, 0.5) is 4.79 Å². The zero-order valence-corrected chi connectivity index (χ0v) is 29.3. The van der Waals surface area contributed by atoms with Crippen molar-refractivity contribution in [1.82, 2.24) is 21.3 Å². The number of alkyl carbamates (subject to hydrolysis) is 1. The predicted molar refractivity (Wildman–Crippen MR) is 193 cm³/mol. The number of aryl methyl sites for hydroxylation is 2. The molecule has 272 valence electrons. The fourth-order valence-electron chi connectivity index (χ4n) is 6.91. The highest BCUT2D eigenvalue weighted by Gasteiger charge is 2.46. The van der Waals surface area contributed by atoms with Crippen LogP contribution in [-0.2, 0) is 38.7 Å². The molecule has 3 aromatic carbocycles. The van der Waals surface area contributed by atoms with Gasteiger partial charge in [0.2, 0.25) is 11.8 Å². The van der Waals surface area contributed by atoms with E-state index in [1.807, 2.05) is 85.8 Å². The van der Waals surface area contributed by atoms with E-state index >= 15 is 0 Å². The average molecular weight is 699 g/mol. The Morgan fingerprint density at radius 3 is 2.29 bits per heavy atom. The molecule has 3 aromatic rings. The van der Waals surface area contributed by atoms with Crippen molar-refractivity contribution in [3.05, 3.63) is 101 Å². The molecule has 2 aliphatic rings. The van der Waals surface area contributed by atoms with Crippen LogP contribution in [0.3, 0.4) is 0 Å². The number of amides is 3. The van der Waals surface area contributed by atoms with Crippen LogP contribution >= 0.6 is 0 Å². The third kappa shape index (κ3) is 11.6. The Labute approximate surface area is 299 Å². The van der Waals surface area contributed by atoms with Crippen molar-refractivity contribution in [1.29, 1.82) is 0 Å². The van der Waals surface area contributed by atoms with Gasteiger partial charge in [-0.3, -0.25) is 14.4 Å². The van der Waals surface area contributed by atoms with Gasteiger partial charge in [-0.15, -0.1) is 0 Å². The zero-order valence-electron chi connectivity index (χ0n) is 29.3. The van der Waals surface area contributed by atoms with E-state index < -0.39 is 30.1 Å². The van der Waals surface area contributed by atoms with Crippen molar-refractivity contribution >= 4 is 23.9 Å². The molecule has 1 saturated carbocycles. The molecule has 5 N–H and O–H groups in total. The van der Waals surface area contributed by atoms with E-state index in [0.29, 0.717) is 18.3 Å². The van der Waals surface area contributed by atoms with Crippen molar-refractivity contribution in [2.24, 2.45) is 5.41 Å². The standard InChI is InChI=1S/C40H50N4O7/c1-28-16-18-32(51-33-23-40(24-33)20-9-21-41-27-40)22-31(28)25-42-37(47)35(19-17-29-10-4-2-5-11-29)43-38(48)34(14-8-15-36(45)46)44-39(49)50-26-30-12-6-3-7-13-30/h2-7,10-13,16,18,22,33-35,41H,8-9,14-15,17,19-21,23-27H2,1H3,(H,42,47)(H,43,48)(H,44,49)(H,45,46)/t33?,34-,35-,40?/m0/s1. The Hall–Kier alpha value is -4.90. The van der Waals surface area contributed by atoms with Crippen LogP contribution in [0.2, 0.25) is 0 Å². The fraction of sp³-hybridized carbons (Fsp3) is 0.450. The van der Waals surface area contributed by atoms with E-state index in [1.165, 1.54) is 12.8 Å². The van der Waals surface area contributed by atoms with Crippen LogP contribution in [-0.4, -0.2) is 60.3 Å². The molecule has 1 aliphatic heterocycles. The highest BCUT2D eigenvalue weighted by atomic mass is 16.5. The number of benzene rings is 3. The van der Waals surface area contributed by atoms with Crippen molar-refractivity contribution in [2.45, 2.75) is 96.1 Å². The number of carbonyl (C=O) groups excluding carboxylic acids is 3. The Bertz CT molecular complexity index is 1600. The lowest BCUT2D eigenvalue weighted by molar-refractivity contribution is -0.137. The monoisotopic (exact) mass is 698 g/mol. The second-order valence-electron chi connectivity index (χ2n) is 13.9. The Morgan fingerprint density at radius 1 is 0.902 bits per heavy atom. The van der Waals surface area contributed by atoms with Gasteiger partial charge >= 0.3 is 12.1 Å². The molecular weight excluding hydrogens is 648 g/mol. The first kappa shape index (κ1) is 37.4. The quantitative estimate of drug-likeness (QED) is 0.129. The highest BCUT2D eigenvalue weighted by molar-refractivity contribution is 5.91. The second-order valence-corrected chi connectivity index (χ2v) is 13.9. The molecule has 1 saturated heterocycles. The summed E-state index contributed by atoms with van der Waals surface area (Å²) < 4.78 is 11.7. The van der Waals surface area contributed by atoms with Gasteiger partial charge < -0.3 is 35.8 Å². The summed E-state index contributed by atoms with van der Waals surface area (Å²) in [7, 11) is 0. The first-order valence-electron chi connectivity index (χ1n) is 18.0. The molecule has 1 heterocycles. The maximum Gasteiger partial charge on any atom is 0.408 e. The number of hydrogen-bond acceptors (Lipinski definition) is 7. The normalized spacial score (nSPS) is 19.2. The summed E-state index contributed by atoms with van der Waals surface area (Å²) in [4.78, 5) is 51.3. The van der Waals surface area contributed by atoms with Gasteiger partial charge in [0.15, 0.2) is 0 Å². The van der Waals surface area contributed by atoms with Gasteiger partial charge in [-0.25, -0.2) is 4.79 Å². The number of carboxylic acid groups (broad SMARTS) is 1. The molecule has 1 aliphatic carbocycles. The molecule has 0 aromatic heterocycles. The SMILES string of the molecule is Cc1ccc(OC2CC3(CCCNC3)C2)cc1CNC(=O)[C@H](CCc1ccccc1)NC(=O)[C@H](CCCC(=O)O)NC(=O)OCc1ccccc1. The minimum absolute atomic E-state index is 0.00279. The molecule has 11 nitrogen and oxygen atoms in total. The number of nitrogens with one attached hydrogen (secondary N) is 4. The Kier molecular flexibility index (Phi) is 13.5. The van der Waals surface area contributed by atoms with Gasteiger partial charge in [0.1, 0.15) is 24.4 Å². The number of rotatable bonds is 17. The summed E-state index contributed by atoms with van der Waals surface area (Å²) in [6, 6.07) is 22.7. The lowest BCUT2D eigenvalue weighted by Crippen LogP contribution is -2.53. The molecule has 0 unspecified atom stereocenters. The Balaban J connectivity index is 1.21. The molecule has 3 amide bonds. The molecule has 5 rings (SSSR count). The molecule has 2 fully saturated rings. The predicted octanol–water partition coefficient (Wildman–Crippen LogP) is 5.19. The molecule has 51 heavy (non-hydrogen) atoms. The maximum atomic E-state index is 13.7. The first-order chi connectivity index (χ1) is 24.7. The molecular formula is C40H50N4O7. The van der Waals surface area contributed by atoms with Crippen LogP contribution in [0.25, 0.3) is 0 Å². The number of aliphatic carboxylic acids is 1. The molecule has 2 atom stereocenters. The number of carbonyl (C=O) groups is 4. The average Bonchev–Trinajstić information content (AvgIpc) is 3.12. The van der Waals surface area contributed by atoms with Gasteiger partial charge in [0.05, 0.1) is 6.10 Å². The van der Waals surface area contributed by atoms with E-state index in [4.69, 9.17) is 9.47 Å². The van der Waals surface area contributed by atoms with Crippen LogP contribution in [0.15, 0.2) is 78.9 Å². The molecule has 11 heteroatoms. The third-order valence-electron chi connectivity index (χ3n) is 9.86. The minimum Gasteiger partial charge on any atom is -0.490 e. The second kappa shape index (κ2) is 18.4.